The smallest absolute Gasteiger partial charge is 0.421 e. The number of carbonyl (C=O) groups excluding carboxylic acids is 4. The average Bonchev–Trinajstić information content (AvgIpc) is 3.42. The zero-order valence-corrected chi connectivity index (χ0v) is 27.7. The first kappa shape index (κ1) is 33.3. The third kappa shape index (κ3) is 6.28. The molecule has 2 aliphatic heterocycles. The van der Waals surface area contributed by atoms with Gasteiger partial charge in [-0.1, -0.05) is 103 Å². The van der Waals surface area contributed by atoms with E-state index in [2.05, 4.69) is 0 Å². The molecular weight excluding hydrogens is 603 g/mol. The number of nitrogens with zero attached hydrogens (tertiary/aromatic N) is 2. The van der Waals surface area contributed by atoms with Gasteiger partial charge in [0.15, 0.2) is 0 Å². The first-order valence-electron chi connectivity index (χ1n) is 14.8. The van der Waals surface area contributed by atoms with Gasteiger partial charge in [-0.05, 0) is 59.1 Å². The highest BCUT2D eigenvalue weighted by molar-refractivity contribution is 6.36. The monoisotopic (exact) mass is 640 g/mol. The summed E-state index contributed by atoms with van der Waals surface area (Å²) in [6.45, 7) is 15.4. The SMILES string of the molecule is CC(C)C(OC(=O)N1C(=O)C2=C(c3ccc(Cl)cc3)N(C(=O)OC(C(C)C)C(C)C)C(=O)C2=C1c1ccc(Cl)cc1)C(C)C. The molecule has 2 aromatic rings. The maximum absolute atomic E-state index is 14.3. The molecule has 234 valence electrons. The second-order valence-electron chi connectivity index (χ2n) is 12.4. The summed E-state index contributed by atoms with van der Waals surface area (Å²) in [7, 11) is 0. The van der Waals surface area contributed by atoms with Crippen LogP contribution in [0.4, 0.5) is 9.59 Å². The Balaban J connectivity index is 1.96. The fourth-order valence-corrected chi connectivity index (χ4v) is 6.09. The highest BCUT2D eigenvalue weighted by Gasteiger charge is 2.54. The van der Waals surface area contributed by atoms with Crippen molar-refractivity contribution in [3.8, 4) is 0 Å². The van der Waals surface area contributed by atoms with Gasteiger partial charge in [-0.3, -0.25) is 9.59 Å². The zero-order valence-electron chi connectivity index (χ0n) is 26.2. The molecule has 10 heteroatoms. The normalized spacial score (nSPS) is 15.4. The van der Waals surface area contributed by atoms with Crippen molar-refractivity contribution in [2.75, 3.05) is 0 Å². The number of hydrogen-bond donors (Lipinski definition) is 0. The van der Waals surface area contributed by atoms with Crippen molar-refractivity contribution < 1.29 is 28.7 Å². The minimum absolute atomic E-state index is 0.00830. The van der Waals surface area contributed by atoms with Gasteiger partial charge in [0.25, 0.3) is 11.8 Å². The molecule has 44 heavy (non-hydrogen) atoms. The van der Waals surface area contributed by atoms with Gasteiger partial charge in [-0.25, -0.2) is 19.4 Å². The molecule has 8 nitrogen and oxygen atoms in total. The van der Waals surface area contributed by atoms with Gasteiger partial charge >= 0.3 is 12.2 Å². The van der Waals surface area contributed by atoms with Crippen LogP contribution in [-0.4, -0.2) is 46.0 Å². The van der Waals surface area contributed by atoms with E-state index in [1.165, 1.54) is 0 Å². The summed E-state index contributed by atoms with van der Waals surface area (Å²) in [5.74, 6) is -1.72. The number of hydrogen-bond acceptors (Lipinski definition) is 6. The summed E-state index contributed by atoms with van der Waals surface area (Å²) >= 11 is 12.3. The number of amides is 4. The highest BCUT2D eigenvalue weighted by Crippen LogP contribution is 2.47. The van der Waals surface area contributed by atoms with Crippen LogP contribution < -0.4 is 0 Å². The number of imide groups is 2. The lowest BCUT2D eigenvalue weighted by Crippen LogP contribution is -2.41. The number of halogens is 2. The summed E-state index contributed by atoms with van der Waals surface area (Å²) in [6, 6.07) is 12.8. The molecule has 0 spiro atoms. The number of rotatable bonds is 8. The molecule has 0 fully saturated rings. The second-order valence-corrected chi connectivity index (χ2v) is 13.3. The maximum Gasteiger partial charge on any atom is 0.421 e. The third-order valence-corrected chi connectivity index (χ3v) is 8.21. The van der Waals surface area contributed by atoms with Gasteiger partial charge in [0.05, 0.1) is 22.5 Å². The molecule has 2 aromatic carbocycles. The van der Waals surface area contributed by atoms with Gasteiger partial charge in [-0.2, -0.15) is 0 Å². The minimum atomic E-state index is -0.918. The van der Waals surface area contributed by atoms with Crippen LogP contribution in [0.15, 0.2) is 59.7 Å². The Morgan fingerprint density at radius 1 is 0.545 bits per heavy atom. The topological polar surface area (TPSA) is 93.2 Å². The van der Waals surface area contributed by atoms with Crippen LogP contribution in [0.3, 0.4) is 0 Å². The molecule has 0 saturated heterocycles. The summed E-state index contributed by atoms with van der Waals surface area (Å²) in [5, 5.41) is 0.845. The Bertz CT molecular complexity index is 1390. The predicted molar refractivity (Wildman–Crippen MR) is 170 cm³/mol. The summed E-state index contributed by atoms with van der Waals surface area (Å²) < 4.78 is 11.8. The lowest BCUT2D eigenvalue weighted by molar-refractivity contribution is -0.123. The molecule has 2 aliphatic rings. The molecule has 4 rings (SSSR count). The number of benzene rings is 2. The molecule has 0 aliphatic carbocycles. The van der Waals surface area contributed by atoms with Crippen LogP contribution in [0.1, 0.15) is 66.5 Å². The van der Waals surface area contributed by atoms with E-state index in [1.54, 1.807) is 48.5 Å². The van der Waals surface area contributed by atoms with Crippen LogP contribution in [0.2, 0.25) is 10.0 Å². The van der Waals surface area contributed by atoms with Gasteiger partial charge in [0.2, 0.25) is 0 Å². The van der Waals surface area contributed by atoms with Crippen LogP contribution >= 0.6 is 23.2 Å². The molecule has 0 radical (unpaired) electrons. The largest absolute Gasteiger partial charge is 0.445 e. The number of fused-ring (bicyclic) bond motifs is 1. The summed E-state index contributed by atoms with van der Waals surface area (Å²) in [5.41, 5.74) is 0.552. The highest BCUT2D eigenvalue weighted by atomic mass is 35.5. The molecule has 0 saturated carbocycles. The number of ether oxygens (including phenoxy) is 2. The van der Waals surface area contributed by atoms with Crippen molar-refractivity contribution in [2.45, 2.75) is 67.6 Å². The lowest BCUT2D eigenvalue weighted by atomic mass is 9.96. The zero-order chi connectivity index (χ0) is 32.6. The fourth-order valence-electron chi connectivity index (χ4n) is 5.84. The van der Waals surface area contributed by atoms with E-state index >= 15 is 0 Å². The van der Waals surface area contributed by atoms with Gasteiger partial charge < -0.3 is 9.47 Å². The Morgan fingerprint density at radius 3 is 1.07 bits per heavy atom. The van der Waals surface area contributed by atoms with Crippen molar-refractivity contribution in [3.05, 3.63) is 80.8 Å². The van der Waals surface area contributed by atoms with E-state index in [9.17, 15) is 19.2 Å². The van der Waals surface area contributed by atoms with Crippen molar-refractivity contribution in [1.29, 1.82) is 0 Å². The molecule has 4 amide bonds. The molecule has 0 aromatic heterocycles. The van der Waals surface area contributed by atoms with Crippen molar-refractivity contribution >= 4 is 58.6 Å². The minimum Gasteiger partial charge on any atom is -0.445 e. The van der Waals surface area contributed by atoms with Crippen LogP contribution in [0.5, 0.6) is 0 Å². The molecule has 2 heterocycles. The van der Waals surface area contributed by atoms with E-state index in [0.29, 0.717) is 21.2 Å². The maximum atomic E-state index is 14.3. The molecule has 0 N–H and O–H groups in total. The van der Waals surface area contributed by atoms with Gasteiger partial charge in [0, 0.05) is 10.0 Å². The van der Waals surface area contributed by atoms with E-state index in [1.807, 2.05) is 55.4 Å². The molecule has 0 atom stereocenters. The van der Waals surface area contributed by atoms with Gasteiger partial charge in [-0.15, -0.1) is 0 Å². The van der Waals surface area contributed by atoms with Crippen LogP contribution in [-0.2, 0) is 19.1 Å². The molecule has 0 unspecified atom stereocenters. The van der Waals surface area contributed by atoms with E-state index in [4.69, 9.17) is 32.7 Å². The van der Waals surface area contributed by atoms with Crippen molar-refractivity contribution in [2.24, 2.45) is 23.7 Å². The van der Waals surface area contributed by atoms with Gasteiger partial charge in [0.1, 0.15) is 12.2 Å². The first-order valence-corrected chi connectivity index (χ1v) is 15.5. The Morgan fingerprint density at radius 2 is 0.818 bits per heavy atom. The molecular formula is C34H38Cl2N2O6. The standard InChI is InChI=1S/C34H38Cl2N2O6/c1-17(2)29(18(3)4)43-33(41)37-27(21-9-13-23(35)14-10-21)25-26(31(37)39)28(22-11-15-24(36)16-12-22)38(32(25)40)34(42)44-30(19(5)6)20(7)8/h9-20,29-30H,1-8H3. The summed E-state index contributed by atoms with van der Waals surface area (Å²) in [6.07, 6.45) is -2.83. The predicted octanol–water partition coefficient (Wildman–Crippen LogP) is 8.43. The van der Waals surface area contributed by atoms with E-state index in [0.717, 1.165) is 9.80 Å². The second kappa shape index (κ2) is 13.2. The van der Waals surface area contributed by atoms with Crippen molar-refractivity contribution in [1.82, 2.24) is 9.80 Å². The quantitative estimate of drug-likeness (QED) is 0.287. The van der Waals surface area contributed by atoms with Crippen LogP contribution in [0.25, 0.3) is 11.4 Å². The Labute approximate surface area is 268 Å². The third-order valence-electron chi connectivity index (χ3n) is 7.71. The average molecular weight is 642 g/mol. The van der Waals surface area contributed by atoms with Crippen molar-refractivity contribution in [3.63, 3.8) is 0 Å². The Kier molecular flexibility index (Phi) is 9.96. The van der Waals surface area contributed by atoms with Crippen LogP contribution in [0, 0.1) is 23.7 Å². The van der Waals surface area contributed by atoms with E-state index < -0.39 is 36.2 Å². The lowest BCUT2D eigenvalue weighted by Gasteiger charge is -2.29. The first-order chi connectivity index (χ1) is 20.6. The summed E-state index contributed by atoms with van der Waals surface area (Å²) in [4.78, 5) is 58.1. The Hall–Kier alpha value is -3.62. The fraction of sp³-hybridized carbons (Fsp3) is 0.412. The molecule has 0 bridgehead atoms. The number of carbonyl (C=O) groups is 4. The van der Waals surface area contributed by atoms with E-state index in [-0.39, 0.29) is 46.2 Å².